The number of hydrogen-bond donors (Lipinski definition) is 2. The highest BCUT2D eigenvalue weighted by Gasteiger charge is 2.58. The van der Waals surface area contributed by atoms with Crippen LogP contribution in [0.25, 0.3) is 10.4 Å². The maximum Gasteiger partial charge on any atom is 0.248 e. The van der Waals surface area contributed by atoms with Crippen molar-refractivity contribution in [2.24, 2.45) is 23.2 Å². The van der Waals surface area contributed by atoms with Gasteiger partial charge in [-0.3, -0.25) is 9.59 Å². The van der Waals surface area contributed by atoms with Gasteiger partial charge in [-0.1, -0.05) is 28.9 Å². The molecule has 11 heteroatoms. The first kappa shape index (κ1) is 29.6. The van der Waals surface area contributed by atoms with Crippen molar-refractivity contribution in [3.63, 3.8) is 0 Å². The molecule has 3 heterocycles. The van der Waals surface area contributed by atoms with Gasteiger partial charge in [0.15, 0.2) is 0 Å². The van der Waals surface area contributed by atoms with Crippen LogP contribution in [-0.2, 0) is 9.59 Å². The van der Waals surface area contributed by atoms with Crippen molar-refractivity contribution >= 4 is 34.8 Å². The van der Waals surface area contributed by atoms with Gasteiger partial charge >= 0.3 is 0 Å². The zero-order valence-electron chi connectivity index (χ0n) is 25.9. The lowest BCUT2D eigenvalue weighted by atomic mass is 9.47. The Hall–Kier alpha value is -2.82. The summed E-state index contributed by atoms with van der Waals surface area (Å²) in [5.74, 6) is 2.02. The van der Waals surface area contributed by atoms with E-state index < -0.39 is 18.2 Å². The molecule has 1 aliphatic heterocycles. The lowest BCUT2D eigenvalue weighted by molar-refractivity contribution is -0.154. The van der Waals surface area contributed by atoms with E-state index in [-0.39, 0.29) is 36.2 Å². The molecule has 2 N–H and O–H groups in total. The molecule has 45 heavy (non-hydrogen) atoms. The number of likely N-dealkylation sites (tertiary alicyclic amines) is 1. The standard InChI is InChI=1S/C34H41ClN6O3S/c1-18(26-6-5-24(10-27(26)35)30-19(2)36-17-45-30)37-32(43)29-11-25(42)15-40(29)33(44)31(41-16-28(38-39-41)23-3-4-23)34-12-20-7-21(13-34)9-22(8-20)14-34/h5-6,10,16-18,20-23,25,29,31,42H,3-4,7-9,11-15H2,1-2H3,(H,37,43)/t18?,20?,21?,22?,25-,29+,31-,34?/m1/s1. The van der Waals surface area contributed by atoms with Gasteiger partial charge in [-0.05, 0) is 100 Å². The van der Waals surface area contributed by atoms with Crippen molar-refractivity contribution < 1.29 is 14.7 Å². The van der Waals surface area contributed by atoms with Gasteiger partial charge in [-0.2, -0.15) is 0 Å². The summed E-state index contributed by atoms with van der Waals surface area (Å²) < 4.78 is 1.84. The van der Waals surface area contributed by atoms with Crippen molar-refractivity contribution in [2.45, 2.75) is 102 Å². The number of aryl methyl sites for hydroxylation is 1. The molecule has 6 fully saturated rings. The van der Waals surface area contributed by atoms with Crippen LogP contribution >= 0.6 is 22.9 Å². The first-order valence-corrected chi connectivity index (χ1v) is 17.8. The molecule has 0 radical (unpaired) electrons. The number of β-amino-alcohol motifs (C(OH)–C–C–N with tert-alkyl or cyclic N) is 1. The predicted octanol–water partition coefficient (Wildman–Crippen LogP) is 5.84. The number of aliphatic hydroxyl groups is 1. The van der Waals surface area contributed by atoms with Gasteiger partial charge < -0.3 is 15.3 Å². The normalized spacial score (nSPS) is 31.7. The van der Waals surface area contributed by atoms with Gasteiger partial charge in [0.1, 0.15) is 12.1 Å². The van der Waals surface area contributed by atoms with E-state index in [1.54, 1.807) is 16.2 Å². The smallest absolute Gasteiger partial charge is 0.248 e. The number of aliphatic hydroxyl groups excluding tert-OH is 1. The van der Waals surface area contributed by atoms with E-state index in [1.807, 2.05) is 48.4 Å². The largest absolute Gasteiger partial charge is 0.391 e. The third kappa shape index (κ3) is 5.30. The molecule has 238 valence electrons. The molecular formula is C34H41ClN6O3S. The number of aromatic nitrogens is 4. The summed E-state index contributed by atoms with van der Waals surface area (Å²) in [5.41, 5.74) is 5.35. The Morgan fingerprint density at radius 2 is 1.82 bits per heavy atom. The number of nitrogens with one attached hydrogen (secondary N) is 1. The number of carbonyl (C=O) groups is 2. The molecule has 1 unspecified atom stereocenters. The fraction of sp³-hybridized carbons (Fsp3) is 0.618. The van der Waals surface area contributed by atoms with Gasteiger partial charge in [0.25, 0.3) is 0 Å². The molecule has 9 rings (SSSR count). The minimum atomic E-state index is -0.768. The average molecular weight is 649 g/mol. The van der Waals surface area contributed by atoms with Gasteiger partial charge in [-0.15, -0.1) is 16.4 Å². The van der Waals surface area contributed by atoms with E-state index in [9.17, 15) is 14.7 Å². The van der Waals surface area contributed by atoms with E-state index >= 15 is 0 Å². The number of carbonyl (C=O) groups excluding carboxylic acids is 2. The maximum absolute atomic E-state index is 14.8. The number of rotatable bonds is 8. The van der Waals surface area contributed by atoms with Crippen LogP contribution in [0.3, 0.4) is 0 Å². The minimum absolute atomic E-state index is 0.101. The Bertz CT molecular complexity index is 1600. The summed E-state index contributed by atoms with van der Waals surface area (Å²) >= 11 is 8.31. The average Bonchev–Trinajstić information content (AvgIpc) is 3.35. The number of nitrogens with zero attached hydrogens (tertiary/aromatic N) is 5. The molecule has 2 amide bonds. The van der Waals surface area contributed by atoms with E-state index in [4.69, 9.17) is 11.6 Å². The minimum Gasteiger partial charge on any atom is -0.391 e. The molecule has 0 spiro atoms. The van der Waals surface area contributed by atoms with Crippen LogP contribution in [0.15, 0.2) is 29.9 Å². The van der Waals surface area contributed by atoms with E-state index in [1.165, 1.54) is 19.3 Å². The Labute approximate surface area is 272 Å². The molecule has 5 aliphatic carbocycles. The topological polar surface area (TPSA) is 113 Å². The fourth-order valence-electron chi connectivity index (χ4n) is 9.60. The van der Waals surface area contributed by atoms with Crippen LogP contribution in [0.1, 0.15) is 99.7 Å². The number of halogens is 1. The fourth-order valence-corrected chi connectivity index (χ4v) is 10.7. The van der Waals surface area contributed by atoms with Gasteiger partial charge in [0.05, 0.1) is 33.9 Å². The molecule has 6 aliphatic rings. The number of hydrogen-bond acceptors (Lipinski definition) is 7. The molecule has 4 atom stereocenters. The number of benzene rings is 1. The highest BCUT2D eigenvalue weighted by Crippen LogP contribution is 2.64. The van der Waals surface area contributed by atoms with Crippen molar-refractivity contribution in [1.82, 2.24) is 30.2 Å². The Morgan fingerprint density at radius 1 is 1.11 bits per heavy atom. The third-order valence-electron chi connectivity index (χ3n) is 11.4. The zero-order chi connectivity index (χ0) is 31.0. The Kier molecular flexibility index (Phi) is 7.33. The van der Waals surface area contributed by atoms with Gasteiger partial charge in [0.2, 0.25) is 11.8 Å². The first-order chi connectivity index (χ1) is 21.7. The monoisotopic (exact) mass is 648 g/mol. The molecule has 9 nitrogen and oxygen atoms in total. The molecule has 5 saturated carbocycles. The van der Waals surface area contributed by atoms with E-state index in [0.717, 1.165) is 59.5 Å². The van der Waals surface area contributed by atoms with E-state index in [0.29, 0.717) is 28.7 Å². The Morgan fingerprint density at radius 3 is 2.44 bits per heavy atom. The van der Waals surface area contributed by atoms with Crippen molar-refractivity contribution in [1.29, 1.82) is 0 Å². The molecule has 4 bridgehead atoms. The SMILES string of the molecule is Cc1ncsc1-c1ccc(C(C)NC(=O)[C@@H]2C[C@@H](O)CN2C(=O)[C@@H](n2cc(C3CC3)nn2)C23CC4CC(CC(C4)C2)C3)c(Cl)c1. The summed E-state index contributed by atoms with van der Waals surface area (Å²) in [6, 6.07) is 4.20. The van der Waals surface area contributed by atoms with E-state index in [2.05, 4.69) is 20.6 Å². The summed E-state index contributed by atoms with van der Waals surface area (Å²) in [6.07, 6.45) is 10.5. The summed E-state index contributed by atoms with van der Waals surface area (Å²) in [5, 5.41) is 23.6. The molecule has 1 aromatic carbocycles. The highest BCUT2D eigenvalue weighted by atomic mass is 35.5. The number of amides is 2. The first-order valence-electron chi connectivity index (χ1n) is 16.6. The third-order valence-corrected chi connectivity index (χ3v) is 12.7. The second-order valence-corrected chi connectivity index (χ2v) is 16.0. The molecular weight excluding hydrogens is 608 g/mol. The second-order valence-electron chi connectivity index (χ2n) is 14.7. The van der Waals surface area contributed by atoms with Crippen molar-refractivity contribution in [3.8, 4) is 10.4 Å². The quantitative estimate of drug-likeness (QED) is 0.318. The second kappa shape index (κ2) is 11.2. The van der Waals surface area contributed by atoms with Crippen LogP contribution in [0.2, 0.25) is 5.02 Å². The molecule has 3 aromatic rings. The zero-order valence-corrected chi connectivity index (χ0v) is 27.4. The maximum atomic E-state index is 14.8. The summed E-state index contributed by atoms with van der Waals surface area (Å²) in [4.78, 5) is 35.8. The number of thiazole rings is 1. The Balaban J connectivity index is 1.05. The van der Waals surface area contributed by atoms with Crippen molar-refractivity contribution in [3.05, 3.63) is 51.9 Å². The lowest BCUT2D eigenvalue weighted by Gasteiger charge is -2.59. The summed E-state index contributed by atoms with van der Waals surface area (Å²) in [6.45, 7) is 4.02. The predicted molar refractivity (Wildman–Crippen MR) is 172 cm³/mol. The van der Waals surface area contributed by atoms with Crippen LogP contribution in [-0.4, -0.2) is 60.5 Å². The van der Waals surface area contributed by atoms with Crippen LogP contribution in [0.5, 0.6) is 0 Å². The van der Waals surface area contributed by atoms with Gasteiger partial charge in [0, 0.05) is 35.5 Å². The van der Waals surface area contributed by atoms with Crippen molar-refractivity contribution in [2.75, 3.05) is 6.54 Å². The molecule has 1 saturated heterocycles. The molecule has 2 aromatic heterocycles. The highest BCUT2D eigenvalue weighted by molar-refractivity contribution is 7.13. The van der Waals surface area contributed by atoms with Gasteiger partial charge in [-0.25, -0.2) is 9.67 Å². The van der Waals surface area contributed by atoms with Crippen LogP contribution in [0.4, 0.5) is 0 Å². The summed E-state index contributed by atoms with van der Waals surface area (Å²) in [7, 11) is 0. The lowest BCUT2D eigenvalue weighted by Crippen LogP contribution is -2.56. The van der Waals surface area contributed by atoms with Crippen LogP contribution in [0, 0.1) is 30.1 Å². The van der Waals surface area contributed by atoms with Crippen LogP contribution < -0.4 is 5.32 Å².